The van der Waals surface area contributed by atoms with Gasteiger partial charge >= 0.3 is 0 Å². The Bertz CT molecular complexity index is 799. The van der Waals surface area contributed by atoms with Gasteiger partial charge in [-0.25, -0.2) is 0 Å². The third-order valence-electron chi connectivity index (χ3n) is 4.29. The summed E-state index contributed by atoms with van der Waals surface area (Å²) in [7, 11) is 0. The van der Waals surface area contributed by atoms with E-state index in [0.29, 0.717) is 0 Å². The van der Waals surface area contributed by atoms with E-state index in [1.807, 2.05) is 30.6 Å². The average molecular weight is 349 g/mol. The highest BCUT2D eigenvalue weighted by Gasteiger charge is 2.11. The largest absolute Gasteiger partial charge is 0.379 e. The Morgan fingerprint density at radius 3 is 2.58 bits per heavy atom. The van der Waals surface area contributed by atoms with Crippen molar-refractivity contribution in [2.75, 3.05) is 13.2 Å². The highest BCUT2D eigenvalue weighted by Crippen LogP contribution is 2.18. The number of ether oxygens (including phenoxy) is 1. The average Bonchev–Trinajstić information content (AvgIpc) is 2.66. The van der Waals surface area contributed by atoms with Gasteiger partial charge in [0.25, 0.3) is 0 Å². The first kappa shape index (κ1) is 18.5. The van der Waals surface area contributed by atoms with Crippen molar-refractivity contribution >= 4 is 10.9 Å². The molecule has 3 aromatic rings. The monoisotopic (exact) mass is 349 g/mol. The van der Waals surface area contributed by atoms with Gasteiger partial charge in [0.15, 0.2) is 0 Å². The van der Waals surface area contributed by atoms with Crippen LogP contribution in [0.25, 0.3) is 10.9 Å². The molecule has 2 aromatic heterocycles. The fourth-order valence-electron chi connectivity index (χ4n) is 3.08. The maximum atomic E-state index is 5.71. The lowest BCUT2D eigenvalue weighted by molar-refractivity contribution is 0.0692. The van der Waals surface area contributed by atoms with Crippen LogP contribution in [-0.2, 0) is 17.8 Å². The molecule has 4 heteroatoms. The van der Waals surface area contributed by atoms with Crippen molar-refractivity contribution in [2.45, 2.75) is 39.5 Å². The first-order chi connectivity index (χ1) is 12.7. The van der Waals surface area contributed by atoms with Crippen molar-refractivity contribution in [3.8, 4) is 0 Å². The number of para-hydroxylation sites is 1. The van der Waals surface area contributed by atoms with E-state index < -0.39 is 0 Å². The molecule has 1 aromatic carbocycles. The zero-order valence-electron chi connectivity index (χ0n) is 15.6. The molecule has 0 amide bonds. The third-order valence-corrected chi connectivity index (χ3v) is 4.29. The molecule has 0 bridgehead atoms. The molecular weight excluding hydrogens is 322 g/mol. The molecule has 0 aliphatic rings. The Morgan fingerprint density at radius 1 is 0.923 bits per heavy atom. The molecule has 3 rings (SSSR count). The van der Waals surface area contributed by atoms with Gasteiger partial charge in [0.1, 0.15) is 0 Å². The maximum absolute atomic E-state index is 5.71. The zero-order chi connectivity index (χ0) is 18.2. The summed E-state index contributed by atoms with van der Waals surface area (Å²) in [6, 6.07) is 16.6. The van der Waals surface area contributed by atoms with Gasteiger partial charge in [0.05, 0.1) is 17.3 Å². The predicted octanol–water partition coefficient (Wildman–Crippen LogP) is 4.45. The van der Waals surface area contributed by atoms with Crippen LogP contribution in [0.2, 0.25) is 0 Å². The van der Waals surface area contributed by atoms with Crippen LogP contribution in [0.3, 0.4) is 0 Å². The number of benzene rings is 1. The van der Waals surface area contributed by atoms with Crippen LogP contribution in [-0.4, -0.2) is 34.1 Å². The standard InChI is InChI=1S/C22H27N3O/c1-18(2)26-15-7-14-25(17-21-11-3-4-12-23-21)16-20-9-5-8-19-10-6-13-24-22(19)20/h3-6,8-13,18H,7,14-17H2,1-2H3. The molecule has 0 atom stereocenters. The van der Waals surface area contributed by atoms with E-state index in [9.17, 15) is 0 Å². The van der Waals surface area contributed by atoms with E-state index >= 15 is 0 Å². The van der Waals surface area contributed by atoms with Crippen molar-refractivity contribution in [1.82, 2.24) is 14.9 Å². The lowest BCUT2D eigenvalue weighted by atomic mass is 10.1. The van der Waals surface area contributed by atoms with E-state index in [-0.39, 0.29) is 6.10 Å². The Morgan fingerprint density at radius 2 is 1.77 bits per heavy atom. The fraction of sp³-hybridized carbons (Fsp3) is 0.364. The molecule has 2 heterocycles. The van der Waals surface area contributed by atoms with Gasteiger partial charge in [-0.2, -0.15) is 0 Å². The molecule has 0 saturated heterocycles. The minimum atomic E-state index is 0.279. The third kappa shape index (κ3) is 5.35. The summed E-state index contributed by atoms with van der Waals surface area (Å²) in [5.41, 5.74) is 3.42. The molecule has 0 unspecified atom stereocenters. The SMILES string of the molecule is CC(C)OCCCN(Cc1ccccn1)Cc1cccc2cccnc12. The second-order valence-corrected chi connectivity index (χ2v) is 6.80. The van der Waals surface area contributed by atoms with Gasteiger partial charge in [-0.15, -0.1) is 0 Å². The van der Waals surface area contributed by atoms with E-state index in [1.54, 1.807) is 0 Å². The van der Waals surface area contributed by atoms with E-state index in [2.05, 4.69) is 59.0 Å². The van der Waals surface area contributed by atoms with Gasteiger partial charge in [-0.1, -0.05) is 30.3 Å². The maximum Gasteiger partial charge on any atom is 0.0746 e. The highest BCUT2D eigenvalue weighted by atomic mass is 16.5. The topological polar surface area (TPSA) is 38.2 Å². The lowest BCUT2D eigenvalue weighted by Crippen LogP contribution is -2.26. The first-order valence-electron chi connectivity index (χ1n) is 9.29. The van der Waals surface area contributed by atoms with Crippen LogP contribution in [0.15, 0.2) is 60.9 Å². The van der Waals surface area contributed by atoms with Crippen molar-refractivity contribution in [3.05, 3.63) is 72.2 Å². The zero-order valence-corrected chi connectivity index (χ0v) is 15.6. The van der Waals surface area contributed by atoms with Crippen molar-refractivity contribution in [2.24, 2.45) is 0 Å². The normalized spacial score (nSPS) is 11.5. The molecule has 0 N–H and O–H groups in total. The van der Waals surface area contributed by atoms with E-state index in [4.69, 9.17) is 4.74 Å². The lowest BCUT2D eigenvalue weighted by Gasteiger charge is -2.23. The second-order valence-electron chi connectivity index (χ2n) is 6.80. The first-order valence-corrected chi connectivity index (χ1v) is 9.29. The molecule has 0 fully saturated rings. The molecule has 0 radical (unpaired) electrons. The summed E-state index contributed by atoms with van der Waals surface area (Å²) < 4.78 is 5.71. The smallest absolute Gasteiger partial charge is 0.0746 e. The number of hydrogen-bond donors (Lipinski definition) is 0. The summed E-state index contributed by atoms with van der Waals surface area (Å²) in [5, 5.41) is 1.19. The van der Waals surface area contributed by atoms with Crippen molar-refractivity contribution in [3.63, 3.8) is 0 Å². The van der Waals surface area contributed by atoms with Gasteiger partial charge in [-0.3, -0.25) is 14.9 Å². The minimum absolute atomic E-state index is 0.279. The predicted molar refractivity (Wildman–Crippen MR) is 106 cm³/mol. The molecule has 0 saturated carbocycles. The van der Waals surface area contributed by atoms with Crippen LogP contribution in [0.1, 0.15) is 31.5 Å². The summed E-state index contributed by atoms with van der Waals surface area (Å²) in [4.78, 5) is 11.5. The Kier molecular flexibility index (Phi) is 6.69. The number of hydrogen-bond acceptors (Lipinski definition) is 4. The summed E-state index contributed by atoms with van der Waals surface area (Å²) in [6.45, 7) is 7.58. The van der Waals surface area contributed by atoms with Crippen LogP contribution in [0.4, 0.5) is 0 Å². The molecule has 4 nitrogen and oxygen atoms in total. The van der Waals surface area contributed by atoms with Crippen molar-refractivity contribution < 1.29 is 4.74 Å². The number of nitrogens with zero attached hydrogens (tertiary/aromatic N) is 3. The Balaban J connectivity index is 1.73. The number of fused-ring (bicyclic) bond motifs is 1. The van der Waals surface area contributed by atoms with Gasteiger partial charge < -0.3 is 4.74 Å². The number of aromatic nitrogens is 2. The summed E-state index contributed by atoms with van der Waals surface area (Å²) in [5.74, 6) is 0. The molecule has 0 spiro atoms. The quantitative estimate of drug-likeness (QED) is 0.535. The Labute approximate surface area is 155 Å². The molecule has 0 aliphatic carbocycles. The van der Waals surface area contributed by atoms with Crippen LogP contribution >= 0.6 is 0 Å². The summed E-state index contributed by atoms with van der Waals surface area (Å²) in [6.07, 6.45) is 5.00. The summed E-state index contributed by atoms with van der Waals surface area (Å²) >= 11 is 0. The Hall–Kier alpha value is -2.30. The number of rotatable bonds is 9. The van der Waals surface area contributed by atoms with Crippen LogP contribution in [0.5, 0.6) is 0 Å². The fourth-order valence-corrected chi connectivity index (χ4v) is 3.08. The van der Waals surface area contributed by atoms with Crippen molar-refractivity contribution in [1.29, 1.82) is 0 Å². The van der Waals surface area contributed by atoms with Crippen LogP contribution < -0.4 is 0 Å². The molecular formula is C22H27N3O. The highest BCUT2D eigenvalue weighted by molar-refractivity contribution is 5.81. The van der Waals surface area contributed by atoms with E-state index in [0.717, 1.165) is 43.9 Å². The molecule has 26 heavy (non-hydrogen) atoms. The minimum Gasteiger partial charge on any atom is -0.379 e. The van der Waals surface area contributed by atoms with Gasteiger partial charge in [0, 0.05) is 44.0 Å². The van der Waals surface area contributed by atoms with Gasteiger partial charge in [-0.05, 0) is 44.0 Å². The van der Waals surface area contributed by atoms with E-state index in [1.165, 1.54) is 10.9 Å². The van der Waals surface area contributed by atoms with Gasteiger partial charge in [0.2, 0.25) is 0 Å². The molecule has 136 valence electrons. The second kappa shape index (κ2) is 9.41. The molecule has 0 aliphatic heterocycles. The number of pyridine rings is 2. The van der Waals surface area contributed by atoms with Crippen LogP contribution in [0, 0.1) is 0 Å².